The van der Waals surface area contributed by atoms with Gasteiger partial charge in [0.05, 0.1) is 5.69 Å². The zero-order valence-corrected chi connectivity index (χ0v) is 25.1. The molecule has 1 heterocycles. The largest absolute Gasteiger partial charge is 0.454 e. The van der Waals surface area contributed by atoms with Gasteiger partial charge in [-0.05, 0) is 86.3 Å². The van der Waals surface area contributed by atoms with Crippen molar-refractivity contribution in [2.45, 2.75) is 0 Å². The second-order valence-electron chi connectivity index (χ2n) is 11.7. The smallest absolute Gasteiger partial charge is 0.159 e. The molecule has 0 amide bonds. The summed E-state index contributed by atoms with van der Waals surface area (Å²) in [4.78, 5) is 2.33. The minimum Gasteiger partial charge on any atom is -0.454 e. The van der Waals surface area contributed by atoms with E-state index in [2.05, 4.69) is 181 Å². The zero-order valence-electron chi connectivity index (χ0n) is 25.1. The van der Waals surface area contributed by atoms with Gasteiger partial charge in [0, 0.05) is 22.1 Å². The molecule has 0 N–H and O–H groups in total. The highest BCUT2D eigenvalue weighted by molar-refractivity contribution is 6.14. The lowest BCUT2D eigenvalue weighted by Crippen LogP contribution is -2.10. The molecule has 0 spiro atoms. The van der Waals surface area contributed by atoms with Crippen LogP contribution < -0.4 is 4.90 Å². The van der Waals surface area contributed by atoms with Crippen molar-refractivity contribution in [3.63, 3.8) is 0 Å². The normalized spacial score (nSPS) is 11.5. The molecule has 0 bridgehead atoms. The van der Waals surface area contributed by atoms with E-state index in [1.165, 1.54) is 43.8 Å². The molecule has 0 saturated carbocycles. The van der Waals surface area contributed by atoms with Gasteiger partial charge in [0.1, 0.15) is 5.58 Å². The average molecular weight is 588 g/mol. The molecule has 0 saturated heterocycles. The first-order valence-corrected chi connectivity index (χ1v) is 15.7. The highest BCUT2D eigenvalue weighted by Gasteiger charge is 2.21. The Morgan fingerprint density at radius 1 is 0.370 bits per heavy atom. The number of benzene rings is 8. The summed E-state index contributed by atoms with van der Waals surface area (Å²) in [5.74, 6) is 0. The van der Waals surface area contributed by atoms with E-state index in [0.29, 0.717) is 0 Å². The third-order valence-corrected chi connectivity index (χ3v) is 9.03. The van der Waals surface area contributed by atoms with Gasteiger partial charge in [0.2, 0.25) is 0 Å². The second kappa shape index (κ2) is 10.8. The van der Waals surface area contributed by atoms with E-state index in [4.69, 9.17) is 4.42 Å². The Kier molecular flexibility index (Phi) is 6.17. The van der Waals surface area contributed by atoms with Crippen LogP contribution in [-0.4, -0.2) is 0 Å². The van der Waals surface area contributed by atoms with Crippen LogP contribution in [0.4, 0.5) is 17.1 Å². The fraction of sp³-hybridized carbons (Fsp3) is 0. The number of hydrogen-bond acceptors (Lipinski definition) is 2. The number of hydrogen-bond donors (Lipinski definition) is 0. The lowest BCUT2D eigenvalue weighted by molar-refractivity contribution is 0.669. The summed E-state index contributed by atoms with van der Waals surface area (Å²) in [6.07, 6.45) is 0. The van der Waals surface area contributed by atoms with Crippen molar-refractivity contribution < 1.29 is 4.42 Å². The van der Waals surface area contributed by atoms with Crippen LogP contribution in [-0.2, 0) is 0 Å². The second-order valence-corrected chi connectivity index (χ2v) is 11.7. The molecule has 0 aliphatic heterocycles. The zero-order chi connectivity index (χ0) is 30.5. The molecule has 0 aliphatic carbocycles. The van der Waals surface area contributed by atoms with Crippen LogP contribution in [0.1, 0.15) is 0 Å². The predicted molar refractivity (Wildman–Crippen MR) is 194 cm³/mol. The van der Waals surface area contributed by atoms with Gasteiger partial charge in [-0.25, -0.2) is 0 Å². The van der Waals surface area contributed by atoms with Gasteiger partial charge in [-0.15, -0.1) is 0 Å². The Morgan fingerprint density at radius 3 is 1.85 bits per heavy atom. The van der Waals surface area contributed by atoms with Crippen molar-refractivity contribution in [3.05, 3.63) is 176 Å². The molecule has 0 unspecified atom stereocenters. The molecular weight excluding hydrogens is 558 g/mol. The van der Waals surface area contributed by atoms with Crippen molar-refractivity contribution in [3.8, 4) is 22.3 Å². The molecule has 1 aromatic heterocycles. The van der Waals surface area contributed by atoms with Gasteiger partial charge in [0.15, 0.2) is 5.58 Å². The summed E-state index contributed by atoms with van der Waals surface area (Å²) in [6.45, 7) is 0. The maximum Gasteiger partial charge on any atom is 0.159 e. The Labute approximate surface area is 267 Å². The molecule has 2 nitrogen and oxygen atoms in total. The molecule has 9 rings (SSSR count). The number of anilines is 3. The first-order valence-electron chi connectivity index (χ1n) is 15.7. The highest BCUT2D eigenvalue weighted by Crippen LogP contribution is 2.45. The van der Waals surface area contributed by atoms with Gasteiger partial charge in [-0.1, -0.05) is 133 Å². The van der Waals surface area contributed by atoms with Gasteiger partial charge in [0.25, 0.3) is 0 Å². The number of furan rings is 1. The van der Waals surface area contributed by atoms with Crippen molar-refractivity contribution in [2.75, 3.05) is 4.90 Å². The molecule has 2 heteroatoms. The van der Waals surface area contributed by atoms with Crippen molar-refractivity contribution in [1.29, 1.82) is 0 Å². The fourth-order valence-corrected chi connectivity index (χ4v) is 6.87. The first-order chi connectivity index (χ1) is 22.8. The van der Waals surface area contributed by atoms with Crippen LogP contribution in [0, 0.1) is 0 Å². The molecule has 0 atom stereocenters. The number of fused-ring (bicyclic) bond motifs is 5. The predicted octanol–water partition coefficient (Wildman–Crippen LogP) is 12.7. The van der Waals surface area contributed by atoms with Crippen LogP contribution in [0.15, 0.2) is 180 Å². The summed E-state index contributed by atoms with van der Waals surface area (Å²) in [6, 6.07) is 62.7. The Morgan fingerprint density at radius 2 is 1.02 bits per heavy atom. The molecule has 0 radical (unpaired) electrons. The third kappa shape index (κ3) is 4.35. The van der Waals surface area contributed by atoms with Crippen molar-refractivity contribution in [1.82, 2.24) is 0 Å². The topological polar surface area (TPSA) is 16.4 Å². The number of rotatable bonds is 5. The van der Waals surface area contributed by atoms with Gasteiger partial charge in [-0.3, -0.25) is 0 Å². The van der Waals surface area contributed by atoms with Gasteiger partial charge >= 0.3 is 0 Å². The van der Waals surface area contributed by atoms with E-state index in [1.807, 2.05) is 0 Å². The summed E-state index contributed by atoms with van der Waals surface area (Å²) >= 11 is 0. The maximum atomic E-state index is 6.74. The molecule has 0 aliphatic rings. The van der Waals surface area contributed by atoms with Crippen LogP contribution in [0.3, 0.4) is 0 Å². The van der Waals surface area contributed by atoms with E-state index in [1.54, 1.807) is 0 Å². The number of nitrogens with zero attached hydrogens (tertiary/aromatic N) is 1. The number of para-hydroxylation sites is 2. The van der Waals surface area contributed by atoms with Crippen LogP contribution in [0.25, 0.3) is 65.7 Å². The van der Waals surface area contributed by atoms with E-state index in [-0.39, 0.29) is 0 Å². The quantitative estimate of drug-likeness (QED) is 0.199. The summed E-state index contributed by atoms with van der Waals surface area (Å²) in [7, 11) is 0. The fourth-order valence-electron chi connectivity index (χ4n) is 6.87. The minimum absolute atomic E-state index is 0.871. The minimum atomic E-state index is 0.871. The molecular formula is C44H29NO. The first kappa shape index (κ1) is 26.3. The lowest BCUT2D eigenvalue weighted by Gasteiger charge is -2.27. The standard InChI is InChI=1S/C44H29NO/c1-3-13-30(14-4-1)37-26-25-35(29-40(37)38-22-11-18-31-15-9-10-21-36(31)38)45(34-19-5-2-6-20-34)42-24-12-23-39-41-27-32-16-7-8-17-33(32)28-43(41)46-44(39)42/h1-29H. The van der Waals surface area contributed by atoms with Gasteiger partial charge in [-0.2, -0.15) is 0 Å². The van der Waals surface area contributed by atoms with E-state index >= 15 is 0 Å². The molecule has 0 fully saturated rings. The summed E-state index contributed by atoms with van der Waals surface area (Å²) in [5.41, 5.74) is 9.67. The van der Waals surface area contributed by atoms with Crippen LogP contribution in [0.2, 0.25) is 0 Å². The maximum absolute atomic E-state index is 6.74. The van der Waals surface area contributed by atoms with Crippen molar-refractivity contribution >= 4 is 60.5 Å². The molecule has 8 aromatic carbocycles. The Bertz CT molecular complexity index is 2520. The van der Waals surface area contributed by atoms with Crippen molar-refractivity contribution in [2.24, 2.45) is 0 Å². The molecule has 46 heavy (non-hydrogen) atoms. The molecule has 9 aromatic rings. The van der Waals surface area contributed by atoms with Gasteiger partial charge < -0.3 is 9.32 Å². The monoisotopic (exact) mass is 587 g/mol. The Hall–Kier alpha value is -6.12. The Balaban J connectivity index is 1.32. The third-order valence-electron chi connectivity index (χ3n) is 9.03. The van der Waals surface area contributed by atoms with Crippen LogP contribution >= 0.6 is 0 Å². The summed E-state index contributed by atoms with van der Waals surface area (Å²) < 4.78 is 6.74. The SMILES string of the molecule is c1ccc(-c2ccc(N(c3ccccc3)c3cccc4c3oc3cc5ccccc5cc34)cc2-c2cccc3ccccc23)cc1. The molecule has 216 valence electrons. The average Bonchev–Trinajstić information content (AvgIpc) is 3.49. The van der Waals surface area contributed by atoms with E-state index < -0.39 is 0 Å². The highest BCUT2D eigenvalue weighted by atomic mass is 16.3. The van der Waals surface area contributed by atoms with E-state index in [9.17, 15) is 0 Å². The van der Waals surface area contributed by atoms with Crippen LogP contribution in [0.5, 0.6) is 0 Å². The summed E-state index contributed by atoms with van der Waals surface area (Å²) in [5, 5.41) is 7.07. The lowest BCUT2D eigenvalue weighted by atomic mass is 9.90. The van der Waals surface area contributed by atoms with E-state index in [0.717, 1.165) is 39.0 Å².